The fraction of sp³-hybridized carbons (Fsp3) is 0.829. The Hall–Kier alpha value is -3.59. The molecule has 1 amide bonds. The number of esters is 3. The zero-order valence-corrected chi connectivity index (χ0v) is 35.7. The summed E-state index contributed by atoms with van der Waals surface area (Å²) in [6.45, 7) is 11.1. The second-order valence-corrected chi connectivity index (χ2v) is 15.5. The number of carboxylic acid groups (broad SMARTS) is 2. The van der Waals surface area contributed by atoms with Gasteiger partial charge in [0.15, 0.2) is 0 Å². The van der Waals surface area contributed by atoms with Crippen LogP contribution in [0.2, 0.25) is 0 Å². The molecule has 0 aromatic rings. The first-order valence-corrected chi connectivity index (χ1v) is 20.3. The maximum atomic E-state index is 13.7. The van der Waals surface area contributed by atoms with Crippen molar-refractivity contribution in [3.05, 3.63) is 0 Å². The molecule has 8 N–H and O–H groups in total. The van der Waals surface area contributed by atoms with E-state index in [-0.39, 0.29) is 63.7 Å². The first kappa shape index (κ1) is 54.5. The molecule has 1 rings (SSSR count). The topological polar surface area (TPSA) is 270 Å². The molecule has 1 fully saturated rings. The highest BCUT2D eigenvalue weighted by Gasteiger charge is 2.40. The maximum absolute atomic E-state index is 13.7. The van der Waals surface area contributed by atoms with Gasteiger partial charge in [0.2, 0.25) is 5.91 Å². The average molecular weight is 802 g/mol. The van der Waals surface area contributed by atoms with Crippen LogP contribution < -0.4 is 22.5 Å². The molecule has 326 valence electrons. The zero-order valence-electron chi connectivity index (χ0n) is 35.7. The van der Waals surface area contributed by atoms with Gasteiger partial charge in [-0.3, -0.25) is 24.0 Å². The van der Waals surface area contributed by atoms with Gasteiger partial charge in [0.1, 0.15) is 12.2 Å². The van der Waals surface area contributed by atoms with Crippen molar-refractivity contribution in [3.63, 3.8) is 0 Å². The molecule has 0 aromatic heterocycles. The minimum Gasteiger partial charge on any atom is -0.550 e. The van der Waals surface area contributed by atoms with Crippen LogP contribution in [0.15, 0.2) is 0 Å². The molecule has 0 spiro atoms. The number of Topliss-reactive ketones (excluding diaryl/α,β-unsaturated/α-hetero) is 1. The predicted molar refractivity (Wildman–Crippen MR) is 209 cm³/mol. The van der Waals surface area contributed by atoms with Gasteiger partial charge in [0.25, 0.3) is 0 Å². The Balaban J connectivity index is 0. The number of rotatable bonds is 31. The third-order valence-electron chi connectivity index (χ3n) is 10.2. The molecular weight excluding hydrogens is 726 g/mol. The Labute approximate surface area is 334 Å². The number of amides is 1. The summed E-state index contributed by atoms with van der Waals surface area (Å²) >= 11 is 0. The fourth-order valence-electron chi connectivity index (χ4n) is 7.26. The number of carbonyl (C=O) groups excluding carboxylic acids is 7. The summed E-state index contributed by atoms with van der Waals surface area (Å²) in [5.41, 5.74) is 0. The number of carboxylic acids is 2. The summed E-state index contributed by atoms with van der Waals surface area (Å²) in [7, 11) is 0. The molecule has 6 atom stereocenters. The number of carbonyl (C=O) groups is 7. The standard InChI is InChI=1S/C41H69NO12.2H3N/c1-7-9-10-11-12-15-21-52-40(50)29(5)23-32(41(51)53-22-16-13-14-18-28(3)4)25-31(27-54-36(45)24-30(6)43)26-33(38(46)47)37(39(48)49)34(8-2)42-20-17-19-35(42)44;;/h28-29,31-34,37H,7-27H2,1-6H3,(H,46,47)(H,48,49);2*1H3. The Morgan fingerprint density at radius 1 is 0.750 bits per heavy atom. The van der Waals surface area contributed by atoms with Crippen molar-refractivity contribution in [2.24, 2.45) is 35.5 Å². The highest BCUT2D eigenvalue weighted by Crippen LogP contribution is 2.34. The van der Waals surface area contributed by atoms with Crippen LogP contribution in [0.4, 0.5) is 0 Å². The van der Waals surface area contributed by atoms with Gasteiger partial charge in [-0.1, -0.05) is 86.0 Å². The smallest absolute Gasteiger partial charge is 0.313 e. The molecule has 15 nitrogen and oxygen atoms in total. The Kier molecular flexibility index (Phi) is 29.7. The van der Waals surface area contributed by atoms with E-state index in [9.17, 15) is 43.8 Å². The molecule has 0 saturated carbocycles. The zero-order chi connectivity index (χ0) is 40.6. The molecule has 56 heavy (non-hydrogen) atoms. The molecule has 15 heteroatoms. The van der Waals surface area contributed by atoms with Crippen LogP contribution in [0.5, 0.6) is 0 Å². The van der Waals surface area contributed by atoms with Crippen molar-refractivity contribution in [2.75, 3.05) is 26.4 Å². The lowest BCUT2D eigenvalue weighted by atomic mass is 9.76. The van der Waals surface area contributed by atoms with Gasteiger partial charge in [0, 0.05) is 42.8 Å². The van der Waals surface area contributed by atoms with E-state index < -0.39 is 90.7 Å². The number of aliphatic carboxylic acids is 2. The number of hydrogen-bond donors (Lipinski definition) is 2. The first-order valence-electron chi connectivity index (χ1n) is 20.3. The van der Waals surface area contributed by atoms with Gasteiger partial charge in [-0.05, 0) is 63.7 Å². The van der Waals surface area contributed by atoms with E-state index in [1.807, 2.05) is 0 Å². The maximum Gasteiger partial charge on any atom is 0.313 e. The molecule has 1 saturated heterocycles. The van der Waals surface area contributed by atoms with E-state index >= 15 is 0 Å². The van der Waals surface area contributed by atoms with Gasteiger partial charge in [-0.2, -0.15) is 0 Å². The van der Waals surface area contributed by atoms with Crippen molar-refractivity contribution < 1.29 is 58.0 Å². The summed E-state index contributed by atoms with van der Waals surface area (Å²) < 4.78 is 16.6. The molecule has 1 heterocycles. The van der Waals surface area contributed by atoms with E-state index in [4.69, 9.17) is 14.2 Å². The van der Waals surface area contributed by atoms with E-state index in [1.54, 1.807) is 13.8 Å². The van der Waals surface area contributed by atoms with E-state index in [0.29, 0.717) is 25.2 Å². The Morgan fingerprint density at radius 2 is 1.34 bits per heavy atom. The summed E-state index contributed by atoms with van der Waals surface area (Å²) in [6, 6.07) is -0.994. The van der Waals surface area contributed by atoms with Crippen molar-refractivity contribution >= 4 is 41.5 Å². The normalized spacial score (nSPS) is 15.7. The third kappa shape index (κ3) is 21.6. The SMILES string of the molecule is CCCCCCCCOC(=O)C(C)CC(CC(COC(=O)CC(C)=O)CC(C(=O)[O-])C(C(=O)[O-])C(CC)N1CCCC1=O)C(=O)OCCCCCC(C)C.[NH4+].[NH4+]. The monoisotopic (exact) mass is 802 g/mol. The average Bonchev–Trinajstić information content (AvgIpc) is 3.53. The van der Waals surface area contributed by atoms with Gasteiger partial charge in [-0.15, -0.1) is 0 Å². The van der Waals surface area contributed by atoms with Crippen LogP contribution >= 0.6 is 0 Å². The van der Waals surface area contributed by atoms with E-state index in [1.165, 1.54) is 11.8 Å². The van der Waals surface area contributed by atoms with Crippen LogP contribution in [0.3, 0.4) is 0 Å². The van der Waals surface area contributed by atoms with Crippen molar-refractivity contribution in [2.45, 2.75) is 157 Å². The summed E-state index contributed by atoms with van der Waals surface area (Å²) in [5.74, 6) is -11.5. The summed E-state index contributed by atoms with van der Waals surface area (Å²) in [4.78, 5) is 90.2. The number of likely N-dealkylation sites (tertiary alicyclic amines) is 1. The van der Waals surface area contributed by atoms with E-state index in [2.05, 4.69) is 20.8 Å². The highest BCUT2D eigenvalue weighted by atomic mass is 16.5. The van der Waals surface area contributed by atoms with Crippen molar-refractivity contribution in [1.82, 2.24) is 17.2 Å². The second kappa shape index (κ2) is 30.5. The van der Waals surface area contributed by atoms with Crippen LogP contribution in [0, 0.1) is 35.5 Å². The Morgan fingerprint density at radius 3 is 1.86 bits per heavy atom. The summed E-state index contributed by atoms with van der Waals surface area (Å²) in [6.07, 6.45) is 9.32. The first-order chi connectivity index (χ1) is 25.6. The molecule has 1 aliphatic rings. The van der Waals surface area contributed by atoms with E-state index in [0.717, 1.165) is 51.4 Å². The molecule has 1 aliphatic heterocycles. The molecule has 6 unspecified atom stereocenters. The highest BCUT2D eigenvalue weighted by molar-refractivity contribution is 5.94. The van der Waals surface area contributed by atoms with Crippen LogP contribution in [-0.2, 0) is 47.8 Å². The fourth-order valence-corrected chi connectivity index (χ4v) is 7.26. The number of ether oxygens (including phenoxy) is 3. The molecule has 0 bridgehead atoms. The van der Waals surface area contributed by atoms with Crippen molar-refractivity contribution in [1.29, 1.82) is 0 Å². The lowest BCUT2D eigenvalue weighted by molar-refractivity contribution is -0.329. The van der Waals surface area contributed by atoms with Gasteiger partial charge >= 0.3 is 17.9 Å². The van der Waals surface area contributed by atoms with Crippen LogP contribution in [-0.4, -0.2) is 78.8 Å². The number of hydrogen-bond acceptors (Lipinski definition) is 12. The quantitative estimate of drug-likeness (QED) is 0.0401. The number of unbranched alkanes of at least 4 members (excludes halogenated alkanes) is 7. The summed E-state index contributed by atoms with van der Waals surface area (Å²) in [5, 5.41) is 25.4. The van der Waals surface area contributed by atoms with Crippen LogP contribution in [0.25, 0.3) is 0 Å². The molecule has 0 aromatic carbocycles. The van der Waals surface area contributed by atoms with Gasteiger partial charge in [0.05, 0.1) is 31.7 Å². The minimum absolute atomic E-state index is 0. The van der Waals surface area contributed by atoms with Gasteiger partial charge < -0.3 is 51.2 Å². The molecular formula is C41H75N3O12. The Bertz CT molecular complexity index is 1200. The second-order valence-electron chi connectivity index (χ2n) is 15.5. The number of ketones is 1. The van der Waals surface area contributed by atoms with Gasteiger partial charge in [-0.25, -0.2) is 0 Å². The number of quaternary nitrogens is 2. The van der Waals surface area contributed by atoms with Crippen molar-refractivity contribution in [3.8, 4) is 0 Å². The predicted octanol–water partition coefficient (Wildman–Crippen LogP) is 5.10. The molecule has 0 radical (unpaired) electrons. The lowest BCUT2D eigenvalue weighted by Gasteiger charge is -2.40. The lowest BCUT2D eigenvalue weighted by Crippen LogP contribution is -2.55. The minimum atomic E-state index is -1.69. The van der Waals surface area contributed by atoms with Crippen LogP contribution in [0.1, 0.15) is 151 Å². The third-order valence-corrected chi connectivity index (χ3v) is 10.2. The number of nitrogens with zero attached hydrogens (tertiary/aromatic N) is 1. The molecule has 0 aliphatic carbocycles. The largest absolute Gasteiger partial charge is 0.550 e.